The Morgan fingerprint density at radius 2 is 1.90 bits per heavy atom. The van der Waals surface area contributed by atoms with Crippen LogP contribution in [0.15, 0.2) is 24.3 Å². The molecule has 1 aliphatic rings. The highest BCUT2D eigenvalue weighted by Gasteiger charge is 2.35. The molecular formula is C16H21ClN2O2. The van der Waals surface area contributed by atoms with E-state index in [1.54, 1.807) is 4.90 Å². The number of carbonyl (C=O) groups is 2. The largest absolute Gasteiger partial charge is 0.344 e. The lowest BCUT2D eigenvalue weighted by atomic mass is 10.0. The molecule has 1 aliphatic heterocycles. The molecule has 1 heterocycles. The average molecular weight is 309 g/mol. The fourth-order valence-corrected chi connectivity index (χ4v) is 2.67. The van der Waals surface area contributed by atoms with Crippen LogP contribution in [0.5, 0.6) is 0 Å². The molecule has 2 unspecified atom stereocenters. The number of carbonyl (C=O) groups excluding carboxylic acids is 2. The molecule has 0 bridgehead atoms. The molecule has 21 heavy (non-hydrogen) atoms. The van der Waals surface area contributed by atoms with Crippen LogP contribution in [-0.2, 0) is 16.1 Å². The quantitative estimate of drug-likeness (QED) is 0.933. The van der Waals surface area contributed by atoms with Gasteiger partial charge in [0.05, 0.1) is 0 Å². The second-order valence-electron chi connectivity index (χ2n) is 5.93. The standard InChI is InChI=1S/C16H21ClN2O2/c1-10(2)15-16(21)19(11(3)8-14(20)18-15)9-12-4-6-13(17)7-5-12/h4-7,10-11,15H,8-9H2,1-3H3,(H,18,20). The van der Waals surface area contributed by atoms with Crippen molar-refractivity contribution in [1.82, 2.24) is 10.2 Å². The van der Waals surface area contributed by atoms with E-state index in [-0.39, 0.29) is 23.8 Å². The van der Waals surface area contributed by atoms with Crippen molar-refractivity contribution >= 4 is 23.4 Å². The van der Waals surface area contributed by atoms with Crippen LogP contribution in [0, 0.1) is 5.92 Å². The molecule has 4 nitrogen and oxygen atoms in total. The zero-order valence-electron chi connectivity index (χ0n) is 12.6. The van der Waals surface area contributed by atoms with Crippen molar-refractivity contribution in [3.05, 3.63) is 34.9 Å². The maximum Gasteiger partial charge on any atom is 0.245 e. The summed E-state index contributed by atoms with van der Waals surface area (Å²) in [7, 11) is 0. The Balaban J connectivity index is 2.23. The van der Waals surface area contributed by atoms with E-state index in [0.717, 1.165) is 5.56 Å². The Bertz CT molecular complexity index is 528. The highest BCUT2D eigenvalue weighted by atomic mass is 35.5. The highest BCUT2D eigenvalue weighted by molar-refractivity contribution is 6.30. The van der Waals surface area contributed by atoms with Crippen molar-refractivity contribution in [2.24, 2.45) is 5.92 Å². The molecule has 2 atom stereocenters. The molecule has 0 spiro atoms. The number of nitrogens with one attached hydrogen (secondary N) is 1. The van der Waals surface area contributed by atoms with Crippen molar-refractivity contribution in [1.29, 1.82) is 0 Å². The first-order valence-corrected chi connectivity index (χ1v) is 7.60. The zero-order valence-corrected chi connectivity index (χ0v) is 13.4. The Morgan fingerprint density at radius 1 is 1.29 bits per heavy atom. The van der Waals surface area contributed by atoms with E-state index in [1.807, 2.05) is 45.0 Å². The molecule has 1 aromatic rings. The van der Waals surface area contributed by atoms with E-state index < -0.39 is 6.04 Å². The molecule has 114 valence electrons. The van der Waals surface area contributed by atoms with E-state index in [9.17, 15) is 9.59 Å². The first kappa shape index (κ1) is 15.8. The third-order valence-electron chi connectivity index (χ3n) is 3.81. The van der Waals surface area contributed by atoms with Gasteiger partial charge in [0.1, 0.15) is 6.04 Å². The van der Waals surface area contributed by atoms with Gasteiger partial charge in [-0.05, 0) is 30.5 Å². The normalized spacial score (nSPS) is 23.2. The van der Waals surface area contributed by atoms with Gasteiger partial charge in [-0.25, -0.2) is 0 Å². The van der Waals surface area contributed by atoms with Gasteiger partial charge in [-0.3, -0.25) is 9.59 Å². The number of halogens is 1. The van der Waals surface area contributed by atoms with E-state index in [0.29, 0.717) is 18.0 Å². The van der Waals surface area contributed by atoms with Crippen LogP contribution in [0.2, 0.25) is 5.02 Å². The molecule has 0 aromatic heterocycles. The van der Waals surface area contributed by atoms with Gasteiger partial charge >= 0.3 is 0 Å². The lowest BCUT2D eigenvalue weighted by Gasteiger charge is -2.30. The summed E-state index contributed by atoms with van der Waals surface area (Å²) in [4.78, 5) is 26.4. The van der Waals surface area contributed by atoms with Crippen molar-refractivity contribution in [3.63, 3.8) is 0 Å². The van der Waals surface area contributed by atoms with E-state index in [2.05, 4.69) is 5.32 Å². The van der Waals surface area contributed by atoms with Crippen molar-refractivity contribution < 1.29 is 9.59 Å². The SMILES string of the molecule is CC(C)C1NC(=O)CC(C)N(Cc2ccc(Cl)cc2)C1=O. The molecule has 1 fully saturated rings. The number of amides is 2. The fourth-order valence-electron chi connectivity index (χ4n) is 2.54. The summed E-state index contributed by atoms with van der Waals surface area (Å²) < 4.78 is 0. The minimum absolute atomic E-state index is 0.0155. The van der Waals surface area contributed by atoms with Gasteiger partial charge in [0.2, 0.25) is 11.8 Å². The molecule has 0 saturated carbocycles. The molecule has 0 aliphatic carbocycles. The second kappa shape index (κ2) is 6.48. The Morgan fingerprint density at radius 3 is 2.48 bits per heavy atom. The van der Waals surface area contributed by atoms with Gasteiger partial charge < -0.3 is 10.2 Å². The summed E-state index contributed by atoms with van der Waals surface area (Å²) in [6.45, 7) is 6.30. The Labute approximate surface area is 130 Å². The third kappa shape index (κ3) is 3.76. The molecule has 2 rings (SSSR count). The summed E-state index contributed by atoms with van der Waals surface area (Å²) in [5.41, 5.74) is 1.01. The van der Waals surface area contributed by atoms with Crippen LogP contribution in [-0.4, -0.2) is 28.8 Å². The lowest BCUT2D eigenvalue weighted by molar-refractivity contribution is -0.136. The summed E-state index contributed by atoms with van der Waals surface area (Å²) in [6, 6.07) is 6.88. The van der Waals surface area contributed by atoms with Crippen LogP contribution in [0.1, 0.15) is 32.8 Å². The van der Waals surface area contributed by atoms with E-state index in [4.69, 9.17) is 11.6 Å². The smallest absolute Gasteiger partial charge is 0.245 e. The maximum absolute atomic E-state index is 12.7. The van der Waals surface area contributed by atoms with E-state index in [1.165, 1.54) is 0 Å². The van der Waals surface area contributed by atoms with Gasteiger partial charge in [-0.2, -0.15) is 0 Å². The second-order valence-corrected chi connectivity index (χ2v) is 6.37. The summed E-state index contributed by atoms with van der Waals surface area (Å²) in [5, 5.41) is 3.50. The topological polar surface area (TPSA) is 49.4 Å². The predicted octanol–water partition coefficient (Wildman–Crippen LogP) is 2.60. The number of hydrogen-bond donors (Lipinski definition) is 1. The summed E-state index contributed by atoms with van der Waals surface area (Å²) >= 11 is 5.89. The van der Waals surface area contributed by atoms with Crippen LogP contribution in [0.4, 0.5) is 0 Å². The zero-order chi connectivity index (χ0) is 15.6. The molecule has 2 amide bonds. The number of hydrogen-bond acceptors (Lipinski definition) is 2. The fraction of sp³-hybridized carbons (Fsp3) is 0.500. The van der Waals surface area contributed by atoms with Crippen molar-refractivity contribution in [2.45, 2.75) is 45.8 Å². The third-order valence-corrected chi connectivity index (χ3v) is 4.06. The highest BCUT2D eigenvalue weighted by Crippen LogP contribution is 2.19. The molecule has 1 saturated heterocycles. The van der Waals surface area contributed by atoms with Crippen LogP contribution in [0.3, 0.4) is 0 Å². The summed E-state index contributed by atoms with van der Waals surface area (Å²) in [6.07, 6.45) is 0.336. The first-order chi connectivity index (χ1) is 9.88. The Hall–Kier alpha value is -1.55. The molecule has 5 heteroatoms. The number of benzene rings is 1. The monoisotopic (exact) mass is 308 g/mol. The first-order valence-electron chi connectivity index (χ1n) is 7.22. The predicted molar refractivity (Wildman–Crippen MR) is 82.8 cm³/mol. The van der Waals surface area contributed by atoms with E-state index >= 15 is 0 Å². The van der Waals surface area contributed by atoms with Crippen LogP contribution < -0.4 is 5.32 Å². The minimum atomic E-state index is -0.449. The molecule has 1 aromatic carbocycles. The van der Waals surface area contributed by atoms with Gasteiger partial charge in [-0.1, -0.05) is 37.6 Å². The van der Waals surface area contributed by atoms with Gasteiger partial charge in [0.15, 0.2) is 0 Å². The number of nitrogens with zero attached hydrogens (tertiary/aromatic N) is 1. The number of rotatable bonds is 3. The van der Waals surface area contributed by atoms with Gasteiger partial charge in [0, 0.05) is 24.0 Å². The van der Waals surface area contributed by atoms with Crippen LogP contribution in [0.25, 0.3) is 0 Å². The van der Waals surface area contributed by atoms with Gasteiger partial charge in [0.25, 0.3) is 0 Å². The summed E-state index contributed by atoms with van der Waals surface area (Å²) in [5.74, 6) is -0.00840. The van der Waals surface area contributed by atoms with Crippen molar-refractivity contribution in [3.8, 4) is 0 Å². The molecular weight excluding hydrogens is 288 g/mol. The Kier molecular flexibility index (Phi) is 4.88. The maximum atomic E-state index is 12.7. The molecule has 1 N–H and O–H groups in total. The lowest BCUT2D eigenvalue weighted by Crippen LogP contribution is -2.48. The minimum Gasteiger partial charge on any atom is -0.344 e. The van der Waals surface area contributed by atoms with Crippen molar-refractivity contribution in [2.75, 3.05) is 0 Å². The van der Waals surface area contributed by atoms with Crippen LogP contribution >= 0.6 is 11.6 Å². The average Bonchev–Trinajstić information content (AvgIpc) is 2.52. The molecule has 0 radical (unpaired) electrons. The van der Waals surface area contributed by atoms with Gasteiger partial charge in [-0.15, -0.1) is 0 Å².